The van der Waals surface area contributed by atoms with Crippen molar-refractivity contribution in [2.45, 2.75) is 25.9 Å². The van der Waals surface area contributed by atoms with E-state index >= 15 is 0 Å². The number of aryl methyl sites for hydroxylation is 1. The van der Waals surface area contributed by atoms with Gasteiger partial charge in [0.2, 0.25) is 0 Å². The zero-order valence-corrected chi connectivity index (χ0v) is 13.1. The molecule has 1 fully saturated rings. The second-order valence-corrected chi connectivity index (χ2v) is 6.17. The summed E-state index contributed by atoms with van der Waals surface area (Å²) in [5.74, 6) is 0. The molecule has 0 radical (unpaired) electrons. The Labute approximate surface area is 127 Å². The minimum absolute atomic E-state index is 0.407. The van der Waals surface area contributed by atoms with Gasteiger partial charge in [-0.15, -0.1) is 0 Å². The molecule has 1 unspecified atom stereocenters. The highest BCUT2D eigenvalue weighted by Gasteiger charge is 2.29. The topological polar surface area (TPSA) is 41.7 Å². The van der Waals surface area contributed by atoms with E-state index in [-0.39, 0.29) is 0 Å². The van der Waals surface area contributed by atoms with Crippen LogP contribution < -0.4 is 5.73 Å². The maximum absolute atomic E-state index is 6.04. The Bertz CT molecular complexity index is 471. The van der Waals surface area contributed by atoms with Crippen molar-refractivity contribution in [3.63, 3.8) is 0 Å². The fourth-order valence-corrected chi connectivity index (χ4v) is 3.60. The summed E-state index contributed by atoms with van der Waals surface area (Å²) in [6.07, 6.45) is 1.21. The molecule has 0 amide bonds. The largest absolute Gasteiger partial charge is 0.379 e. The van der Waals surface area contributed by atoms with Crippen molar-refractivity contribution in [3.05, 3.63) is 34.9 Å². The number of ether oxygens (including phenoxy) is 1. The standard InChI is InChI=1S/C17H27N3O/c1-14-4-2-5-15-16(14)13-20(17(15)12-18)7-3-6-19-8-10-21-11-9-19/h2,4-5,17H,3,6-13,18H2,1H3. The van der Waals surface area contributed by atoms with Gasteiger partial charge in [0.1, 0.15) is 0 Å². The van der Waals surface area contributed by atoms with E-state index in [1.54, 1.807) is 0 Å². The first-order chi connectivity index (χ1) is 10.3. The third kappa shape index (κ3) is 3.29. The van der Waals surface area contributed by atoms with Gasteiger partial charge in [0.25, 0.3) is 0 Å². The van der Waals surface area contributed by atoms with Crippen molar-refractivity contribution < 1.29 is 4.74 Å². The number of fused-ring (bicyclic) bond motifs is 1. The zero-order valence-electron chi connectivity index (χ0n) is 13.1. The van der Waals surface area contributed by atoms with Crippen molar-refractivity contribution in [2.24, 2.45) is 5.73 Å². The maximum atomic E-state index is 6.04. The van der Waals surface area contributed by atoms with Gasteiger partial charge < -0.3 is 10.5 Å². The van der Waals surface area contributed by atoms with Crippen LogP contribution in [0.1, 0.15) is 29.2 Å². The van der Waals surface area contributed by atoms with Crippen LogP contribution in [0.2, 0.25) is 0 Å². The van der Waals surface area contributed by atoms with Crippen LogP contribution in [-0.2, 0) is 11.3 Å². The molecular formula is C17H27N3O. The molecule has 1 aromatic carbocycles. The molecule has 21 heavy (non-hydrogen) atoms. The Balaban J connectivity index is 1.55. The molecule has 2 N–H and O–H groups in total. The molecule has 1 saturated heterocycles. The van der Waals surface area contributed by atoms with Crippen molar-refractivity contribution in [1.82, 2.24) is 9.80 Å². The van der Waals surface area contributed by atoms with Gasteiger partial charge in [0.05, 0.1) is 13.2 Å². The van der Waals surface area contributed by atoms with Gasteiger partial charge in [-0.2, -0.15) is 0 Å². The molecule has 1 atom stereocenters. The number of nitrogens with two attached hydrogens (primary N) is 1. The predicted octanol–water partition coefficient (Wildman–Crippen LogP) is 1.53. The molecule has 1 aromatic rings. The highest BCUT2D eigenvalue weighted by molar-refractivity contribution is 5.40. The SMILES string of the molecule is Cc1cccc2c1CN(CCCN1CCOCC1)C2CN. The highest BCUT2D eigenvalue weighted by atomic mass is 16.5. The number of benzene rings is 1. The highest BCUT2D eigenvalue weighted by Crippen LogP contribution is 2.34. The molecule has 2 aliphatic rings. The van der Waals surface area contributed by atoms with Crippen molar-refractivity contribution in [3.8, 4) is 0 Å². The molecule has 4 heteroatoms. The van der Waals surface area contributed by atoms with Gasteiger partial charge in [0, 0.05) is 38.8 Å². The summed E-state index contributed by atoms with van der Waals surface area (Å²) >= 11 is 0. The third-order valence-corrected chi connectivity index (χ3v) is 4.85. The molecule has 2 aliphatic heterocycles. The summed E-state index contributed by atoms with van der Waals surface area (Å²) in [5, 5.41) is 0. The van der Waals surface area contributed by atoms with Crippen LogP contribution in [0, 0.1) is 6.92 Å². The van der Waals surface area contributed by atoms with Crippen molar-refractivity contribution >= 4 is 0 Å². The summed E-state index contributed by atoms with van der Waals surface area (Å²) in [5.41, 5.74) is 10.4. The van der Waals surface area contributed by atoms with E-state index in [0.29, 0.717) is 12.6 Å². The second kappa shape index (κ2) is 6.88. The van der Waals surface area contributed by atoms with Crippen LogP contribution in [0.3, 0.4) is 0 Å². The first-order valence-electron chi connectivity index (χ1n) is 8.12. The van der Waals surface area contributed by atoms with E-state index in [2.05, 4.69) is 34.9 Å². The summed E-state index contributed by atoms with van der Waals surface area (Å²) < 4.78 is 5.40. The van der Waals surface area contributed by atoms with E-state index in [1.807, 2.05) is 0 Å². The number of nitrogens with zero attached hydrogens (tertiary/aromatic N) is 2. The van der Waals surface area contributed by atoms with Gasteiger partial charge in [-0.05, 0) is 36.6 Å². The van der Waals surface area contributed by atoms with Crippen LogP contribution in [-0.4, -0.2) is 55.7 Å². The van der Waals surface area contributed by atoms with Crippen molar-refractivity contribution in [1.29, 1.82) is 0 Å². The average Bonchev–Trinajstić information content (AvgIpc) is 2.87. The van der Waals surface area contributed by atoms with Crippen molar-refractivity contribution in [2.75, 3.05) is 45.9 Å². The average molecular weight is 289 g/mol. The molecule has 3 rings (SSSR count). The van der Waals surface area contributed by atoms with Crippen LogP contribution in [0.25, 0.3) is 0 Å². The van der Waals surface area contributed by atoms with Gasteiger partial charge >= 0.3 is 0 Å². The van der Waals surface area contributed by atoms with E-state index in [0.717, 1.165) is 39.4 Å². The lowest BCUT2D eigenvalue weighted by atomic mass is 10.0. The normalized spacial score (nSPS) is 23.4. The Morgan fingerprint density at radius 2 is 2.05 bits per heavy atom. The first-order valence-corrected chi connectivity index (χ1v) is 8.12. The molecule has 0 saturated carbocycles. The summed E-state index contributed by atoms with van der Waals surface area (Å²) in [6.45, 7) is 10.2. The van der Waals surface area contributed by atoms with Gasteiger partial charge in [0.15, 0.2) is 0 Å². The Hall–Kier alpha value is -0.940. The van der Waals surface area contributed by atoms with Gasteiger partial charge in [-0.25, -0.2) is 0 Å². The van der Waals surface area contributed by atoms with E-state index in [1.165, 1.54) is 29.7 Å². The first kappa shape index (κ1) is 15.0. The van der Waals surface area contributed by atoms with Crippen LogP contribution in [0.5, 0.6) is 0 Å². The second-order valence-electron chi connectivity index (χ2n) is 6.17. The number of morpholine rings is 1. The fourth-order valence-electron chi connectivity index (χ4n) is 3.60. The minimum Gasteiger partial charge on any atom is -0.379 e. The van der Waals surface area contributed by atoms with Crippen LogP contribution >= 0.6 is 0 Å². The number of rotatable bonds is 5. The van der Waals surface area contributed by atoms with Crippen LogP contribution in [0.15, 0.2) is 18.2 Å². The molecular weight excluding hydrogens is 262 g/mol. The Morgan fingerprint density at radius 3 is 2.81 bits per heavy atom. The monoisotopic (exact) mass is 289 g/mol. The van der Waals surface area contributed by atoms with E-state index < -0.39 is 0 Å². The molecule has 116 valence electrons. The molecule has 0 aliphatic carbocycles. The quantitative estimate of drug-likeness (QED) is 0.893. The minimum atomic E-state index is 0.407. The molecule has 2 heterocycles. The predicted molar refractivity (Wildman–Crippen MR) is 85.3 cm³/mol. The Morgan fingerprint density at radius 1 is 1.24 bits per heavy atom. The van der Waals surface area contributed by atoms with Gasteiger partial charge in [-0.3, -0.25) is 9.80 Å². The number of hydrogen-bond donors (Lipinski definition) is 1. The number of hydrogen-bond acceptors (Lipinski definition) is 4. The molecule has 0 bridgehead atoms. The van der Waals surface area contributed by atoms with Crippen LogP contribution in [0.4, 0.5) is 0 Å². The van der Waals surface area contributed by atoms with E-state index in [4.69, 9.17) is 10.5 Å². The summed E-state index contributed by atoms with van der Waals surface area (Å²) in [7, 11) is 0. The fraction of sp³-hybridized carbons (Fsp3) is 0.647. The lowest BCUT2D eigenvalue weighted by Crippen LogP contribution is -2.38. The zero-order chi connectivity index (χ0) is 14.7. The molecule has 0 spiro atoms. The third-order valence-electron chi connectivity index (χ3n) is 4.85. The van der Waals surface area contributed by atoms with E-state index in [9.17, 15) is 0 Å². The molecule has 0 aromatic heterocycles. The maximum Gasteiger partial charge on any atom is 0.0594 e. The summed E-state index contributed by atoms with van der Waals surface area (Å²) in [4.78, 5) is 5.06. The lowest BCUT2D eigenvalue weighted by Gasteiger charge is -2.28. The smallest absolute Gasteiger partial charge is 0.0594 e. The van der Waals surface area contributed by atoms with Gasteiger partial charge in [-0.1, -0.05) is 18.2 Å². The Kier molecular flexibility index (Phi) is 4.91. The lowest BCUT2D eigenvalue weighted by molar-refractivity contribution is 0.0355. The molecule has 4 nitrogen and oxygen atoms in total. The summed E-state index contributed by atoms with van der Waals surface area (Å²) in [6, 6.07) is 7.03.